The summed E-state index contributed by atoms with van der Waals surface area (Å²) in [6.07, 6.45) is 3.96. The molecule has 5 aliphatic carbocycles. The number of hydrogen-bond donors (Lipinski definition) is 4. The number of carboxylic acid groups (broad SMARTS) is 1. The fraction of sp³-hybridized carbons (Fsp3) is 0.862. The molecular formula is C29H44O6. The largest absolute Gasteiger partial charge is 0.481 e. The number of carboxylic acids is 1. The van der Waals surface area contributed by atoms with E-state index in [2.05, 4.69) is 33.8 Å². The summed E-state index contributed by atoms with van der Waals surface area (Å²) < 4.78 is 0. The zero-order valence-electron chi connectivity index (χ0n) is 22.2. The molecule has 0 aromatic rings. The van der Waals surface area contributed by atoms with Gasteiger partial charge in [0.05, 0.1) is 23.0 Å². The summed E-state index contributed by atoms with van der Waals surface area (Å²) in [6.45, 7) is 12.5. The minimum absolute atomic E-state index is 0.0242. The molecule has 0 aromatic carbocycles. The van der Waals surface area contributed by atoms with Crippen LogP contribution < -0.4 is 0 Å². The van der Waals surface area contributed by atoms with Crippen LogP contribution in [-0.4, -0.2) is 50.5 Å². The summed E-state index contributed by atoms with van der Waals surface area (Å²) >= 11 is 0. The van der Waals surface area contributed by atoms with Crippen molar-refractivity contribution in [3.63, 3.8) is 0 Å². The van der Waals surface area contributed by atoms with Crippen molar-refractivity contribution in [3.05, 3.63) is 11.6 Å². The van der Waals surface area contributed by atoms with Crippen molar-refractivity contribution in [1.29, 1.82) is 0 Å². The van der Waals surface area contributed by atoms with E-state index < -0.39 is 45.9 Å². The Labute approximate surface area is 209 Å². The maximum Gasteiger partial charge on any atom is 0.312 e. The highest BCUT2D eigenvalue weighted by molar-refractivity contribution is 5.94. The monoisotopic (exact) mass is 488 g/mol. The van der Waals surface area contributed by atoms with Crippen LogP contribution in [0.15, 0.2) is 11.6 Å². The van der Waals surface area contributed by atoms with Crippen LogP contribution >= 0.6 is 0 Å². The molecule has 0 bridgehead atoms. The fourth-order valence-corrected chi connectivity index (χ4v) is 10.3. The van der Waals surface area contributed by atoms with Crippen molar-refractivity contribution in [2.75, 3.05) is 0 Å². The summed E-state index contributed by atoms with van der Waals surface area (Å²) in [4.78, 5) is 26.6. The number of aliphatic hydroxyl groups excluding tert-OH is 3. The highest BCUT2D eigenvalue weighted by Gasteiger charge is 2.72. The third-order valence-corrected chi connectivity index (χ3v) is 12.4. The van der Waals surface area contributed by atoms with Crippen molar-refractivity contribution >= 4 is 11.8 Å². The number of aliphatic hydroxyl groups is 3. The van der Waals surface area contributed by atoms with E-state index in [9.17, 15) is 30.0 Å². The maximum absolute atomic E-state index is 14.1. The molecule has 0 aromatic heterocycles. The summed E-state index contributed by atoms with van der Waals surface area (Å²) in [6, 6.07) is 0. The Morgan fingerprint density at radius 1 is 0.943 bits per heavy atom. The minimum atomic E-state index is -1.45. The van der Waals surface area contributed by atoms with Crippen LogP contribution in [0.25, 0.3) is 0 Å². The Morgan fingerprint density at radius 3 is 2.23 bits per heavy atom. The highest BCUT2D eigenvalue weighted by Crippen LogP contribution is 2.73. The van der Waals surface area contributed by atoms with E-state index in [1.54, 1.807) is 6.92 Å². The van der Waals surface area contributed by atoms with Gasteiger partial charge in [0.2, 0.25) is 0 Å². The van der Waals surface area contributed by atoms with E-state index in [-0.39, 0.29) is 34.9 Å². The number of rotatable bonds is 1. The first-order valence-corrected chi connectivity index (χ1v) is 13.6. The molecule has 0 radical (unpaired) electrons. The van der Waals surface area contributed by atoms with Crippen molar-refractivity contribution in [1.82, 2.24) is 0 Å². The van der Waals surface area contributed by atoms with Crippen LogP contribution in [0, 0.1) is 50.7 Å². The first-order chi connectivity index (χ1) is 16.1. The van der Waals surface area contributed by atoms with Gasteiger partial charge < -0.3 is 20.4 Å². The Hall–Kier alpha value is -1.24. The molecule has 35 heavy (non-hydrogen) atoms. The average Bonchev–Trinajstić information content (AvgIpc) is 2.76. The lowest BCUT2D eigenvalue weighted by Crippen LogP contribution is -2.70. The van der Waals surface area contributed by atoms with Crippen molar-refractivity contribution in [2.24, 2.45) is 50.7 Å². The quantitative estimate of drug-likeness (QED) is 0.415. The van der Waals surface area contributed by atoms with Crippen LogP contribution in [0.3, 0.4) is 0 Å². The molecule has 0 aliphatic heterocycles. The van der Waals surface area contributed by atoms with Crippen LogP contribution in [-0.2, 0) is 9.59 Å². The van der Waals surface area contributed by atoms with Gasteiger partial charge in [-0.3, -0.25) is 9.59 Å². The summed E-state index contributed by atoms with van der Waals surface area (Å²) in [5.41, 5.74) is -1.93. The molecule has 4 N–H and O–H groups in total. The Balaban J connectivity index is 1.64. The number of carbonyl (C=O) groups excluding carboxylic acids is 1. The molecule has 0 heterocycles. The van der Waals surface area contributed by atoms with Gasteiger partial charge in [0.15, 0.2) is 5.78 Å². The van der Waals surface area contributed by atoms with Crippen LogP contribution in [0.1, 0.15) is 86.5 Å². The second-order valence-electron chi connectivity index (χ2n) is 14.4. The second kappa shape index (κ2) is 7.41. The first kappa shape index (κ1) is 25.4. The van der Waals surface area contributed by atoms with Crippen LogP contribution in [0.4, 0.5) is 0 Å². The van der Waals surface area contributed by atoms with E-state index in [4.69, 9.17) is 0 Å². The molecule has 4 saturated carbocycles. The SMILES string of the molecule is CC1(C)CC[C@@H]2[C@@H](O)C(=O)[C@]3(C)C(=CC[C@@H]4[C@@]5(C)C[C@H](O)[C@H](O)[C@@](C)(C(=O)O)C5CC[C@]43C)[C@@H]2C1. The normalized spacial score (nSPS) is 55.1. The van der Waals surface area contributed by atoms with Gasteiger partial charge in [-0.05, 0) is 98.7 Å². The molecule has 11 atom stereocenters. The topological polar surface area (TPSA) is 115 Å². The molecule has 1 unspecified atom stereocenters. The van der Waals surface area contributed by atoms with Crippen LogP contribution in [0.5, 0.6) is 0 Å². The molecule has 0 saturated heterocycles. The average molecular weight is 489 g/mol. The smallest absolute Gasteiger partial charge is 0.312 e. The van der Waals surface area contributed by atoms with Gasteiger partial charge >= 0.3 is 5.97 Å². The molecule has 0 spiro atoms. The van der Waals surface area contributed by atoms with E-state index in [0.717, 1.165) is 25.7 Å². The van der Waals surface area contributed by atoms with E-state index in [1.807, 2.05) is 6.92 Å². The predicted molar refractivity (Wildman–Crippen MR) is 131 cm³/mol. The molecule has 4 fully saturated rings. The zero-order valence-corrected chi connectivity index (χ0v) is 22.2. The molecule has 5 rings (SSSR count). The molecular weight excluding hydrogens is 444 g/mol. The van der Waals surface area contributed by atoms with Gasteiger partial charge in [0.25, 0.3) is 0 Å². The maximum atomic E-state index is 14.1. The molecule has 0 amide bonds. The minimum Gasteiger partial charge on any atom is -0.481 e. The van der Waals surface area contributed by atoms with Gasteiger partial charge in [0.1, 0.15) is 6.10 Å². The second-order valence-corrected chi connectivity index (χ2v) is 14.4. The number of aliphatic carboxylic acids is 1. The van der Waals surface area contributed by atoms with Gasteiger partial charge in [0, 0.05) is 0 Å². The lowest BCUT2D eigenvalue weighted by Gasteiger charge is -2.70. The Kier molecular flexibility index (Phi) is 5.38. The van der Waals surface area contributed by atoms with Crippen LogP contribution in [0.2, 0.25) is 0 Å². The lowest BCUT2D eigenvalue weighted by atomic mass is 9.34. The third kappa shape index (κ3) is 2.94. The van der Waals surface area contributed by atoms with Gasteiger partial charge in [-0.2, -0.15) is 0 Å². The molecule has 5 aliphatic rings. The standard InChI is InChI=1S/C29H44O6/c1-25(2)11-9-15-16(13-25)17-7-8-19-26(3)14-18(30)22(32)28(5,24(34)35)20(26)10-12-27(19,4)29(17,6)23(33)21(15)31/h7,15-16,18-22,30-32H,8-14H2,1-6H3,(H,34,35)/t15-,16+,18-,19+,20?,21+,22-,26+,27+,28-,29-/m0/s1. The third-order valence-electron chi connectivity index (χ3n) is 12.4. The molecule has 6 nitrogen and oxygen atoms in total. The van der Waals surface area contributed by atoms with Crippen molar-refractivity contribution < 1.29 is 30.0 Å². The number of hydrogen-bond acceptors (Lipinski definition) is 5. The van der Waals surface area contributed by atoms with Crippen molar-refractivity contribution in [2.45, 2.75) is 105 Å². The molecule has 196 valence electrons. The Bertz CT molecular complexity index is 986. The number of ketones is 1. The highest BCUT2D eigenvalue weighted by atomic mass is 16.4. The summed E-state index contributed by atoms with van der Waals surface area (Å²) in [5.74, 6) is -1.33. The Morgan fingerprint density at radius 2 is 1.60 bits per heavy atom. The summed E-state index contributed by atoms with van der Waals surface area (Å²) in [7, 11) is 0. The van der Waals surface area contributed by atoms with Gasteiger partial charge in [-0.25, -0.2) is 0 Å². The van der Waals surface area contributed by atoms with E-state index >= 15 is 0 Å². The predicted octanol–water partition coefficient (Wildman–Crippen LogP) is 3.96. The van der Waals surface area contributed by atoms with Crippen molar-refractivity contribution in [3.8, 4) is 0 Å². The fourth-order valence-electron chi connectivity index (χ4n) is 10.3. The summed E-state index contributed by atoms with van der Waals surface area (Å²) in [5, 5.41) is 43.3. The zero-order chi connectivity index (χ0) is 25.9. The number of Topliss-reactive ketones (excluding diaryl/α,β-unsaturated/α-hetero) is 1. The first-order valence-electron chi connectivity index (χ1n) is 13.6. The number of carbonyl (C=O) groups is 2. The van der Waals surface area contributed by atoms with E-state index in [0.29, 0.717) is 19.3 Å². The lowest BCUT2D eigenvalue weighted by molar-refractivity contribution is -0.238. The molecule has 6 heteroatoms. The van der Waals surface area contributed by atoms with E-state index in [1.165, 1.54) is 5.57 Å². The van der Waals surface area contributed by atoms with Gasteiger partial charge in [-0.15, -0.1) is 0 Å². The van der Waals surface area contributed by atoms with Gasteiger partial charge in [-0.1, -0.05) is 39.3 Å². The number of allylic oxidation sites excluding steroid dienone is 2. The number of fused-ring (bicyclic) bond motifs is 7.